The Bertz CT molecular complexity index is 979. The van der Waals surface area contributed by atoms with E-state index in [1.54, 1.807) is 17.0 Å². The molecule has 1 N–H and O–H groups in total. The topological polar surface area (TPSA) is 49.4 Å². The molecule has 3 rings (SSSR count). The van der Waals surface area contributed by atoms with Gasteiger partial charge >= 0.3 is 0 Å². The van der Waals surface area contributed by atoms with Crippen molar-refractivity contribution < 1.29 is 9.59 Å². The number of nitrogens with one attached hydrogen (secondary N) is 1. The number of carbonyl (C=O) groups excluding carboxylic acids is 2. The Morgan fingerprint density at radius 2 is 1.88 bits per heavy atom. The molecule has 0 saturated heterocycles. The smallest absolute Gasteiger partial charge is 0.243 e. The van der Waals surface area contributed by atoms with Gasteiger partial charge in [0.2, 0.25) is 11.8 Å². The standard InChI is InChI=1S/C27H34Cl2N2O2S/c1-3-25(27(33)30-23-10-5-4-6-11-23)31(16-20-9-7-8-19(2)14-20)26(32)18-34-17-21-12-13-22(28)15-24(21)29/h7-9,12-15,23,25H,3-6,10-11,16-18H2,1-2H3,(H,30,33). The molecule has 1 fully saturated rings. The number of halogens is 2. The molecular formula is C27H34Cl2N2O2S. The second-order valence-electron chi connectivity index (χ2n) is 9.01. The molecule has 2 aromatic rings. The van der Waals surface area contributed by atoms with E-state index in [0.717, 1.165) is 42.4 Å². The zero-order valence-corrected chi connectivity index (χ0v) is 22.3. The SMILES string of the molecule is CCC(C(=O)NC1CCCCC1)N(Cc1cccc(C)c1)C(=O)CSCc1ccc(Cl)cc1Cl. The molecule has 34 heavy (non-hydrogen) atoms. The first kappa shape index (κ1) is 26.9. The lowest BCUT2D eigenvalue weighted by molar-refractivity contribution is -0.139. The van der Waals surface area contributed by atoms with E-state index in [1.807, 2.05) is 38.1 Å². The molecule has 0 aromatic heterocycles. The van der Waals surface area contributed by atoms with Crippen molar-refractivity contribution >= 4 is 46.8 Å². The summed E-state index contributed by atoms with van der Waals surface area (Å²) in [4.78, 5) is 28.5. The predicted molar refractivity (Wildman–Crippen MR) is 143 cm³/mol. The molecule has 2 aromatic carbocycles. The van der Waals surface area contributed by atoms with E-state index < -0.39 is 6.04 Å². The van der Waals surface area contributed by atoms with Gasteiger partial charge in [-0.1, -0.05) is 85.3 Å². The van der Waals surface area contributed by atoms with Crippen molar-refractivity contribution in [3.05, 3.63) is 69.2 Å². The predicted octanol–water partition coefficient (Wildman–Crippen LogP) is 6.79. The summed E-state index contributed by atoms with van der Waals surface area (Å²) in [5.74, 6) is 0.798. The number of amides is 2. The number of aryl methyl sites for hydroxylation is 1. The Hall–Kier alpha value is -1.69. The molecule has 0 bridgehead atoms. The van der Waals surface area contributed by atoms with E-state index in [4.69, 9.17) is 23.2 Å². The lowest BCUT2D eigenvalue weighted by atomic mass is 9.95. The summed E-state index contributed by atoms with van der Waals surface area (Å²) < 4.78 is 0. The van der Waals surface area contributed by atoms with Gasteiger partial charge in [0.05, 0.1) is 5.75 Å². The van der Waals surface area contributed by atoms with Crippen molar-refractivity contribution in [3.63, 3.8) is 0 Å². The van der Waals surface area contributed by atoms with Gasteiger partial charge in [-0.05, 0) is 49.4 Å². The van der Waals surface area contributed by atoms with Gasteiger partial charge in [0.1, 0.15) is 6.04 Å². The first-order valence-electron chi connectivity index (χ1n) is 12.0. The summed E-state index contributed by atoms with van der Waals surface area (Å²) >= 11 is 13.8. The quantitative estimate of drug-likeness (QED) is 0.375. The molecule has 1 aliphatic rings. The van der Waals surface area contributed by atoms with Crippen LogP contribution in [0.25, 0.3) is 0 Å². The van der Waals surface area contributed by atoms with E-state index in [0.29, 0.717) is 28.8 Å². The Kier molecular flexibility index (Phi) is 10.6. The Morgan fingerprint density at radius 3 is 2.56 bits per heavy atom. The van der Waals surface area contributed by atoms with Crippen molar-refractivity contribution in [1.82, 2.24) is 10.2 Å². The minimum Gasteiger partial charge on any atom is -0.352 e. The summed E-state index contributed by atoms with van der Waals surface area (Å²) in [6.07, 6.45) is 6.15. The average Bonchev–Trinajstić information content (AvgIpc) is 2.81. The highest BCUT2D eigenvalue weighted by molar-refractivity contribution is 7.99. The number of benzene rings is 2. The van der Waals surface area contributed by atoms with Crippen LogP contribution in [0.4, 0.5) is 0 Å². The fourth-order valence-electron chi connectivity index (χ4n) is 4.44. The lowest BCUT2D eigenvalue weighted by Gasteiger charge is -2.33. The van der Waals surface area contributed by atoms with E-state index >= 15 is 0 Å². The highest BCUT2D eigenvalue weighted by Crippen LogP contribution is 2.25. The summed E-state index contributed by atoms with van der Waals surface area (Å²) in [5.41, 5.74) is 3.11. The van der Waals surface area contributed by atoms with Crippen LogP contribution in [0, 0.1) is 6.92 Å². The lowest BCUT2D eigenvalue weighted by Crippen LogP contribution is -2.52. The van der Waals surface area contributed by atoms with Crippen LogP contribution in [0.1, 0.15) is 62.1 Å². The molecular weight excluding hydrogens is 487 g/mol. The average molecular weight is 522 g/mol. The molecule has 7 heteroatoms. The van der Waals surface area contributed by atoms with Gasteiger partial charge in [0, 0.05) is 28.4 Å². The molecule has 0 spiro atoms. The molecule has 1 aliphatic carbocycles. The van der Waals surface area contributed by atoms with E-state index in [2.05, 4.69) is 11.4 Å². The monoisotopic (exact) mass is 520 g/mol. The van der Waals surface area contributed by atoms with E-state index in [9.17, 15) is 9.59 Å². The minimum absolute atomic E-state index is 0.0396. The first-order valence-corrected chi connectivity index (χ1v) is 14.0. The van der Waals surface area contributed by atoms with Crippen LogP contribution in [0.3, 0.4) is 0 Å². The maximum absolute atomic E-state index is 13.4. The normalized spacial score (nSPS) is 15.1. The third kappa shape index (κ3) is 7.93. The van der Waals surface area contributed by atoms with Crippen molar-refractivity contribution in [2.24, 2.45) is 0 Å². The summed E-state index contributed by atoms with van der Waals surface area (Å²) in [6.45, 7) is 4.43. The summed E-state index contributed by atoms with van der Waals surface area (Å²) in [6, 6.07) is 13.3. The molecule has 4 nitrogen and oxygen atoms in total. The van der Waals surface area contributed by atoms with Crippen LogP contribution in [0.2, 0.25) is 10.0 Å². The van der Waals surface area contributed by atoms with Crippen molar-refractivity contribution in [2.45, 2.75) is 76.8 Å². The number of carbonyl (C=O) groups is 2. The zero-order valence-electron chi connectivity index (χ0n) is 20.0. The molecule has 1 unspecified atom stereocenters. The molecule has 0 heterocycles. The highest BCUT2D eigenvalue weighted by Gasteiger charge is 2.30. The van der Waals surface area contributed by atoms with Gasteiger partial charge < -0.3 is 10.2 Å². The van der Waals surface area contributed by atoms with Gasteiger partial charge in [-0.25, -0.2) is 0 Å². The van der Waals surface area contributed by atoms with Gasteiger partial charge in [0.25, 0.3) is 0 Å². The van der Waals surface area contributed by atoms with Crippen LogP contribution in [-0.2, 0) is 21.9 Å². The van der Waals surface area contributed by atoms with E-state index in [1.165, 1.54) is 18.2 Å². The third-order valence-corrected chi connectivity index (χ3v) is 7.82. The van der Waals surface area contributed by atoms with Crippen molar-refractivity contribution in [3.8, 4) is 0 Å². The number of hydrogen-bond donors (Lipinski definition) is 1. The van der Waals surface area contributed by atoms with Crippen molar-refractivity contribution in [2.75, 3.05) is 5.75 Å². The minimum atomic E-state index is -0.491. The van der Waals surface area contributed by atoms with Crippen LogP contribution < -0.4 is 5.32 Å². The maximum atomic E-state index is 13.4. The fraction of sp³-hybridized carbons (Fsp3) is 0.481. The molecule has 0 radical (unpaired) electrons. The zero-order chi connectivity index (χ0) is 24.5. The van der Waals surface area contributed by atoms with Gasteiger partial charge in [-0.3, -0.25) is 9.59 Å². The van der Waals surface area contributed by atoms with Gasteiger partial charge in [-0.15, -0.1) is 11.8 Å². The summed E-state index contributed by atoms with van der Waals surface area (Å²) in [5, 5.41) is 4.42. The van der Waals surface area contributed by atoms with Crippen molar-refractivity contribution in [1.29, 1.82) is 0 Å². The van der Waals surface area contributed by atoms with Crippen LogP contribution in [0.15, 0.2) is 42.5 Å². The summed E-state index contributed by atoms with van der Waals surface area (Å²) in [7, 11) is 0. The number of rotatable bonds is 10. The van der Waals surface area contributed by atoms with Crippen LogP contribution >= 0.6 is 35.0 Å². The first-order chi connectivity index (χ1) is 16.4. The van der Waals surface area contributed by atoms with Gasteiger partial charge in [0.15, 0.2) is 0 Å². The Labute approximate surface area is 217 Å². The van der Waals surface area contributed by atoms with E-state index in [-0.39, 0.29) is 23.6 Å². The van der Waals surface area contributed by atoms with Crippen LogP contribution in [0.5, 0.6) is 0 Å². The Morgan fingerprint density at radius 1 is 1.12 bits per heavy atom. The second kappa shape index (κ2) is 13.4. The van der Waals surface area contributed by atoms with Gasteiger partial charge in [-0.2, -0.15) is 0 Å². The molecule has 1 saturated carbocycles. The Balaban J connectivity index is 1.71. The number of nitrogens with zero attached hydrogens (tertiary/aromatic N) is 1. The highest BCUT2D eigenvalue weighted by atomic mass is 35.5. The third-order valence-electron chi connectivity index (χ3n) is 6.27. The molecule has 0 aliphatic heterocycles. The molecule has 2 amide bonds. The molecule has 1 atom stereocenters. The maximum Gasteiger partial charge on any atom is 0.243 e. The number of thioether (sulfide) groups is 1. The number of hydrogen-bond acceptors (Lipinski definition) is 3. The second-order valence-corrected chi connectivity index (χ2v) is 10.8. The van der Waals surface area contributed by atoms with Crippen LogP contribution in [-0.4, -0.2) is 34.6 Å². The largest absolute Gasteiger partial charge is 0.352 e. The molecule has 184 valence electrons. The fourth-order valence-corrected chi connectivity index (χ4v) is 5.91.